The van der Waals surface area contributed by atoms with E-state index in [1.807, 2.05) is 24.3 Å². The minimum Gasteiger partial charge on any atom is -0.493 e. The van der Waals surface area contributed by atoms with Crippen molar-refractivity contribution in [2.24, 2.45) is 16.6 Å². The van der Waals surface area contributed by atoms with Crippen molar-refractivity contribution in [2.45, 2.75) is 46.7 Å². The van der Waals surface area contributed by atoms with Crippen LogP contribution in [0.15, 0.2) is 29.3 Å². The zero-order valence-electron chi connectivity index (χ0n) is 13.4. The molecule has 0 spiro atoms. The number of guanidine groups is 1. The van der Waals surface area contributed by atoms with Crippen LogP contribution in [0.3, 0.4) is 0 Å². The van der Waals surface area contributed by atoms with Crippen molar-refractivity contribution < 1.29 is 4.74 Å². The molecule has 0 radical (unpaired) electrons. The molecule has 3 N–H and O–H groups in total. The summed E-state index contributed by atoms with van der Waals surface area (Å²) in [7, 11) is 0. The molecule has 0 aliphatic heterocycles. The molecule has 4 nitrogen and oxygen atoms in total. The van der Waals surface area contributed by atoms with Gasteiger partial charge in [0, 0.05) is 6.04 Å². The Morgan fingerprint density at radius 2 is 1.86 bits per heavy atom. The molecule has 1 aromatic carbocycles. The van der Waals surface area contributed by atoms with E-state index in [0.29, 0.717) is 24.5 Å². The minimum atomic E-state index is 0. The highest BCUT2D eigenvalue weighted by molar-refractivity contribution is 14.0. The van der Waals surface area contributed by atoms with Gasteiger partial charge in [0.25, 0.3) is 0 Å². The number of nitrogens with zero attached hydrogens (tertiary/aromatic N) is 1. The molecule has 0 saturated heterocycles. The van der Waals surface area contributed by atoms with Gasteiger partial charge in [-0.1, -0.05) is 32.9 Å². The molecule has 21 heavy (non-hydrogen) atoms. The Morgan fingerprint density at radius 3 is 2.38 bits per heavy atom. The summed E-state index contributed by atoms with van der Waals surface area (Å²) in [5, 5.41) is 3.15. The van der Waals surface area contributed by atoms with Gasteiger partial charge in [-0.25, -0.2) is 4.99 Å². The first-order valence-corrected chi connectivity index (χ1v) is 7.29. The van der Waals surface area contributed by atoms with E-state index in [1.165, 1.54) is 0 Å². The minimum absolute atomic E-state index is 0. The maximum absolute atomic E-state index is 5.82. The number of nitrogens with two attached hydrogens (primary N) is 1. The van der Waals surface area contributed by atoms with Crippen LogP contribution >= 0.6 is 24.0 Å². The molecule has 1 aromatic rings. The predicted octanol–water partition coefficient (Wildman–Crippen LogP) is 3.54. The van der Waals surface area contributed by atoms with Crippen LogP contribution in [0.4, 0.5) is 0 Å². The molecule has 1 atom stereocenters. The topological polar surface area (TPSA) is 59.6 Å². The molecule has 1 unspecified atom stereocenters. The number of halogens is 1. The maximum Gasteiger partial charge on any atom is 0.189 e. The Kier molecular flexibility index (Phi) is 10.2. The van der Waals surface area contributed by atoms with Gasteiger partial charge in [0.05, 0.1) is 13.2 Å². The van der Waals surface area contributed by atoms with Crippen molar-refractivity contribution in [2.75, 3.05) is 6.61 Å². The number of hydrogen-bond donors (Lipinski definition) is 2. The molecule has 0 aliphatic rings. The molecule has 0 aromatic heterocycles. The number of benzene rings is 1. The molecule has 0 fully saturated rings. The van der Waals surface area contributed by atoms with Gasteiger partial charge in [-0.15, -0.1) is 24.0 Å². The Bertz CT molecular complexity index is 418. The van der Waals surface area contributed by atoms with E-state index in [2.05, 4.69) is 38.0 Å². The lowest BCUT2D eigenvalue weighted by atomic mass is 10.2. The molecule has 0 saturated carbocycles. The number of aliphatic imine (C=N–C) groups is 1. The number of nitrogens with one attached hydrogen (secondary N) is 1. The number of hydrogen-bond acceptors (Lipinski definition) is 2. The Morgan fingerprint density at radius 1 is 1.24 bits per heavy atom. The van der Waals surface area contributed by atoms with Crippen molar-refractivity contribution >= 4 is 29.9 Å². The largest absolute Gasteiger partial charge is 0.493 e. The van der Waals surface area contributed by atoms with E-state index in [-0.39, 0.29) is 24.0 Å². The van der Waals surface area contributed by atoms with Crippen LogP contribution in [0.25, 0.3) is 0 Å². The predicted molar refractivity (Wildman–Crippen MR) is 100 cm³/mol. The van der Waals surface area contributed by atoms with Crippen molar-refractivity contribution in [1.82, 2.24) is 5.32 Å². The fourth-order valence-corrected chi connectivity index (χ4v) is 1.53. The van der Waals surface area contributed by atoms with E-state index < -0.39 is 0 Å². The normalized spacial score (nSPS) is 12.7. The lowest BCUT2D eigenvalue weighted by Gasteiger charge is -2.12. The van der Waals surface area contributed by atoms with Crippen molar-refractivity contribution in [3.05, 3.63) is 29.8 Å². The Hall–Kier alpha value is -0.980. The number of ether oxygens (including phenoxy) is 1. The van der Waals surface area contributed by atoms with Crippen LogP contribution in [0.1, 0.15) is 39.7 Å². The van der Waals surface area contributed by atoms with Crippen LogP contribution in [0.5, 0.6) is 5.75 Å². The van der Waals surface area contributed by atoms with E-state index in [0.717, 1.165) is 24.3 Å². The standard InChI is InChI=1S/C16H27N3O.HI/c1-5-13(4)19-16(17)18-10-14-6-8-15(9-7-14)20-11-12(2)3;/h6-9,12-13H,5,10-11H2,1-4H3,(H3,17,18,19);1H. The average Bonchev–Trinajstić information content (AvgIpc) is 2.43. The van der Waals surface area contributed by atoms with Gasteiger partial charge in [0.2, 0.25) is 0 Å². The summed E-state index contributed by atoms with van der Waals surface area (Å²) in [6, 6.07) is 8.35. The molecule has 1 rings (SSSR count). The molecule has 0 aliphatic carbocycles. The van der Waals surface area contributed by atoms with Gasteiger partial charge in [-0.3, -0.25) is 0 Å². The fourth-order valence-electron chi connectivity index (χ4n) is 1.53. The van der Waals surface area contributed by atoms with Crippen LogP contribution in [-0.2, 0) is 6.54 Å². The quantitative estimate of drug-likeness (QED) is 0.415. The first-order chi connectivity index (χ1) is 9.51. The molecular formula is C16H28IN3O. The Balaban J connectivity index is 0.00000400. The van der Waals surface area contributed by atoms with E-state index >= 15 is 0 Å². The Labute approximate surface area is 145 Å². The zero-order valence-corrected chi connectivity index (χ0v) is 15.8. The van der Waals surface area contributed by atoms with Gasteiger partial charge in [0.1, 0.15) is 5.75 Å². The fraction of sp³-hybridized carbons (Fsp3) is 0.562. The highest BCUT2D eigenvalue weighted by atomic mass is 127. The van der Waals surface area contributed by atoms with Crippen LogP contribution in [-0.4, -0.2) is 18.6 Å². The highest BCUT2D eigenvalue weighted by Crippen LogP contribution is 2.13. The third kappa shape index (κ3) is 8.80. The summed E-state index contributed by atoms with van der Waals surface area (Å²) in [6.45, 7) is 9.79. The lowest BCUT2D eigenvalue weighted by Crippen LogP contribution is -2.38. The van der Waals surface area contributed by atoms with Crippen LogP contribution in [0, 0.1) is 5.92 Å². The third-order valence-corrected chi connectivity index (χ3v) is 2.95. The van der Waals surface area contributed by atoms with Crippen molar-refractivity contribution in [1.29, 1.82) is 0 Å². The first-order valence-electron chi connectivity index (χ1n) is 7.29. The van der Waals surface area contributed by atoms with Crippen molar-refractivity contribution in [3.63, 3.8) is 0 Å². The summed E-state index contributed by atoms with van der Waals surface area (Å²) in [5.74, 6) is 1.93. The van der Waals surface area contributed by atoms with Gasteiger partial charge in [-0.05, 0) is 37.0 Å². The molecule has 120 valence electrons. The smallest absolute Gasteiger partial charge is 0.189 e. The molecular weight excluding hydrogens is 377 g/mol. The molecule has 0 bridgehead atoms. The summed E-state index contributed by atoms with van der Waals surface area (Å²) >= 11 is 0. The second-order valence-corrected chi connectivity index (χ2v) is 5.50. The van der Waals surface area contributed by atoms with E-state index in [4.69, 9.17) is 10.5 Å². The third-order valence-electron chi connectivity index (χ3n) is 2.95. The van der Waals surface area contributed by atoms with Gasteiger partial charge in [-0.2, -0.15) is 0 Å². The van der Waals surface area contributed by atoms with E-state index in [9.17, 15) is 0 Å². The second-order valence-electron chi connectivity index (χ2n) is 5.50. The highest BCUT2D eigenvalue weighted by Gasteiger charge is 2.00. The lowest BCUT2D eigenvalue weighted by molar-refractivity contribution is 0.271. The van der Waals surface area contributed by atoms with Crippen LogP contribution in [0.2, 0.25) is 0 Å². The molecule has 0 heterocycles. The summed E-state index contributed by atoms with van der Waals surface area (Å²) in [5.41, 5.74) is 6.94. The SMILES string of the molecule is CCC(C)NC(N)=NCc1ccc(OCC(C)C)cc1.I. The summed E-state index contributed by atoms with van der Waals surface area (Å²) in [6.07, 6.45) is 1.03. The zero-order chi connectivity index (χ0) is 15.0. The van der Waals surface area contributed by atoms with Gasteiger partial charge in [0.15, 0.2) is 5.96 Å². The van der Waals surface area contributed by atoms with Crippen molar-refractivity contribution in [3.8, 4) is 5.75 Å². The summed E-state index contributed by atoms with van der Waals surface area (Å²) in [4.78, 5) is 4.33. The maximum atomic E-state index is 5.82. The number of rotatable bonds is 7. The second kappa shape index (κ2) is 10.7. The monoisotopic (exact) mass is 405 g/mol. The van der Waals surface area contributed by atoms with E-state index in [1.54, 1.807) is 0 Å². The van der Waals surface area contributed by atoms with Crippen LogP contribution < -0.4 is 15.8 Å². The van der Waals surface area contributed by atoms with Gasteiger partial charge >= 0.3 is 0 Å². The molecule has 0 amide bonds. The molecule has 5 heteroatoms. The first kappa shape index (κ1) is 20.0. The average molecular weight is 405 g/mol. The summed E-state index contributed by atoms with van der Waals surface area (Å²) < 4.78 is 5.64. The van der Waals surface area contributed by atoms with Gasteiger partial charge < -0.3 is 15.8 Å².